The zero-order chi connectivity index (χ0) is 18.1. The molecule has 0 aliphatic carbocycles. The molecule has 0 atom stereocenters. The van der Waals surface area contributed by atoms with Crippen LogP contribution in [0.1, 0.15) is 11.1 Å². The number of amides is 2. The molecule has 128 valence electrons. The fourth-order valence-corrected chi connectivity index (χ4v) is 4.03. The number of hydrogen-bond donors (Lipinski definition) is 0. The lowest BCUT2D eigenvalue weighted by Crippen LogP contribution is -2.27. The fraction of sp³-hybridized carbons (Fsp3) is 0.0588. The molecule has 0 saturated carbocycles. The molecule has 1 saturated heterocycles. The molecule has 0 unspecified atom stereocenters. The first kappa shape index (κ1) is 18.6. The lowest BCUT2D eigenvalue weighted by Gasteiger charge is -2.13. The molecule has 25 heavy (non-hydrogen) atoms. The largest absolute Gasteiger partial charge is 0.293 e. The topological polar surface area (TPSA) is 37.4 Å². The number of imide groups is 1. The maximum absolute atomic E-state index is 12.6. The van der Waals surface area contributed by atoms with Crippen LogP contribution >= 0.6 is 58.2 Å². The van der Waals surface area contributed by atoms with Gasteiger partial charge in [0, 0.05) is 25.7 Å². The van der Waals surface area contributed by atoms with Gasteiger partial charge in [-0.1, -0.05) is 58.5 Å². The molecule has 2 aromatic rings. The van der Waals surface area contributed by atoms with Crippen LogP contribution in [0.5, 0.6) is 0 Å². The van der Waals surface area contributed by atoms with Crippen LogP contribution in [0.15, 0.2) is 41.3 Å². The normalized spacial score (nSPS) is 16.2. The first-order valence-electron chi connectivity index (χ1n) is 7.00. The van der Waals surface area contributed by atoms with Gasteiger partial charge in [0.25, 0.3) is 11.1 Å². The minimum atomic E-state index is -0.419. The van der Waals surface area contributed by atoms with Gasteiger partial charge in [-0.3, -0.25) is 14.5 Å². The molecule has 3 nitrogen and oxygen atoms in total. The van der Waals surface area contributed by atoms with Crippen molar-refractivity contribution in [2.45, 2.75) is 6.54 Å². The molecule has 2 aromatic carbocycles. The third-order valence-corrected chi connectivity index (χ3v) is 5.65. The molecule has 1 fully saturated rings. The predicted octanol–water partition coefficient (Wildman–Crippen LogP) is 6.54. The lowest BCUT2D eigenvalue weighted by atomic mass is 10.2. The van der Waals surface area contributed by atoms with E-state index in [4.69, 9.17) is 46.4 Å². The van der Waals surface area contributed by atoms with Gasteiger partial charge in [-0.2, -0.15) is 0 Å². The summed E-state index contributed by atoms with van der Waals surface area (Å²) >= 11 is 25.1. The molecule has 0 N–H and O–H groups in total. The molecule has 1 heterocycles. The Balaban J connectivity index is 1.89. The minimum absolute atomic E-state index is 0.0638. The Morgan fingerprint density at radius 1 is 0.960 bits per heavy atom. The summed E-state index contributed by atoms with van der Waals surface area (Å²) in [4.78, 5) is 26.2. The summed E-state index contributed by atoms with van der Waals surface area (Å²) in [6.07, 6.45) is 1.53. The molecule has 1 aliphatic rings. The van der Waals surface area contributed by atoms with Crippen molar-refractivity contribution < 1.29 is 9.59 Å². The number of carbonyl (C=O) groups excluding carboxylic acids is 2. The molecule has 1 aliphatic heterocycles. The van der Waals surface area contributed by atoms with Gasteiger partial charge in [0.05, 0.1) is 11.4 Å². The van der Waals surface area contributed by atoms with Gasteiger partial charge in [-0.15, -0.1) is 0 Å². The van der Waals surface area contributed by atoms with Gasteiger partial charge in [-0.05, 0) is 47.7 Å². The number of benzene rings is 2. The first-order valence-corrected chi connectivity index (χ1v) is 9.33. The third-order valence-electron chi connectivity index (χ3n) is 3.49. The highest BCUT2D eigenvalue weighted by Gasteiger charge is 2.35. The predicted molar refractivity (Wildman–Crippen MR) is 104 cm³/mol. The van der Waals surface area contributed by atoms with E-state index < -0.39 is 5.91 Å². The highest BCUT2D eigenvalue weighted by molar-refractivity contribution is 8.18. The highest BCUT2D eigenvalue weighted by Crippen LogP contribution is 2.36. The van der Waals surface area contributed by atoms with Crippen LogP contribution in [0.2, 0.25) is 20.1 Å². The van der Waals surface area contributed by atoms with Crippen LogP contribution in [0.3, 0.4) is 0 Å². The Bertz CT molecular complexity index is 893. The van der Waals surface area contributed by atoms with Crippen LogP contribution in [-0.2, 0) is 11.3 Å². The van der Waals surface area contributed by atoms with Gasteiger partial charge >= 0.3 is 0 Å². The average molecular weight is 433 g/mol. The number of hydrogen-bond acceptors (Lipinski definition) is 3. The molecule has 8 heteroatoms. The Morgan fingerprint density at radius 2 is 1.64 bits per heavy atom. The maximum atomic E-state index is 12.6. The van der Waals surface area contributed by atoms with Crippen molar-refractivity contribution in [1.82, 2.24) is 4.90 Å². The van der Waals surface area contributed by atoms with Gasteiger partial charge in [0.1, 0.15) is 0 Å². The summed E-state index contributed by atoms with van der Waals surface area (Å²) < 4.78 is 0. The van der Waals surface area contributed by atoms with E-state index in [1.54, 1.807) is 36.4 Å². The van der Waals surface area contributed by atoms with E-state index in [1.807, 2.05) is 0 Å². The average Bonchev–Trinajstić information content (AvgIpc) is 2.81. The zero-order valence-corrected chi connectivity index (χ0v) is 16.3. The van der Waals surface area contributed by atoms with Crippen LogP contribution in [0.25, 0.3) is 6.08 Å². The quantitative estimate of drug-likeness (QED) is 0.517. The molecule has 0 aromatic heterocycles. The molecule has 0 radical (unpaired) electrons. The van der Waals surface area contributed by atoms with E-state index in [9.17, 15) is 9.59 Å². The van der Waals surface area contributed by atoms with Gasteiger partial charge in [-0.25, -0.2) is 0 Å². The van der Waals surface area contributed by atoms with Crippen molar-refractivity contribution >= 4 is 75.4 Å². The number of thioether (sulfide) groups is 1. The van der Waals surface area contributed by atoms with Crippen LogP contribution in [-0.4, -0.2) is 16.0 Å². The Morgan fingerprint density at radius 3 is 2.28 bits per heavy atom. The second-order valence-corrected chi connectivity index (χ2v) is 7.79. The fourth-order valence-electron chi connectivity index (χ4n) is 2.24. The van der Waals surface area contributed by atoms with Gasteiger partial charge in [0.2, 0.25) is 0 Å². The van der Waals surface area contributed by atoms with Crippen molar-refractivity contribution in [1.29, 1.82) is 0 Å². The number of carbonyl (C=O) groups is 2. The highest BCUT2D eigenvalue weighted by atomic mass is 35.5. The summed E-state index contributed by atoms with van der Waals surface area (Å²) in [5.74, 6) is -0.419. The van der Waals surface area contributed by atoms with Crippen molar-refractivity contribution in [2.24, 2.45) is 0 Å². The molecule has 2 amide bonds. The van der Waals surface area contributed by atoms with Crippen molar-refractivity contribution in [3.8, 4) is 0 Å². The van der Waals surface area contributed by atoms with E-state index in [1.165, 1.54) is 6.08 Å². The molecule has 0 spiro atoms. The minimum Gasteiger partial charge on any atom is -0.268 e. The summed E-state index contributed by atoms with van der Waals surface area (Å²) in [5.41, 5.74) is 1.13. The second-order valence-electron chi connectivity index (χ2n) is 5.14. The van der Waals surface area contributed by atoms with Crippen molar-refractivity contribution in [3.05, 3.63) is 72.5 Å². The molecular formula is C17H9Cl4NO2S. The van der Waals surface area contributed by atoms with Crippen LogP contribution < -0.4 is 0 Å². The molecular weight excluding hydrogens is 424 g/mol. The summed E-state index contributed by atoms with van der Waals surface area (Å²) in [6, 6.07) is 9.94. The number of halogens is 4. The van der Waals surface area contributed by atoms with E-state index in [0.29, 0.717) is 31.2 Å². The van der Waals surface area contributed by atoms with Crippen LogP contribution in [0, 0.1) is 0 Å². The van der Waals surface area contributed by atoms with Crippen molar-refractivity contribution in [2.75, 3.05) is 0 Å². The second kappa shape index (κ2) is 7.60. The summed E-state index contributed by atoms with van der Waals surface area (Å²) in [5, 5.41) is 1.30. The Kier molecular flexibility index (Phi) is 5.66. The van der Waals surface area contributed by atoms with Crippen LogP contribution in [0.4, 0.5) is 4.79 Å². The molecule has 3 rings (SSSR count). The first-order chi connectivity index (χ1) is 11.9. The third kappa shape index (κ3) is 3.99. The number of rotatable bonds is 3. The van der Waals surface area contributed by atoms with E-state index in [2.05, 4.69) is 0 Å². The standard InChI is InChI=1S/C17H9Cl4NO2S/c18-10-5-4-9(14(21)6-10)8-22-16(23)15(25-17(22)24)7-11-12(19)2-1-3-13(11)20/h1-7H,8H2/b15-7-. The van der Waals surface area contributed by atoms with Gasteiger partial charge in [0.15, 0.2) is 0 Å². The van der Waals surface area contributed by atoms with E-state index in [0.717, 1.165) is 16.7 Å². The Labute approximate surface area is 168 Å². The summed E-state index contributed by atoms with van der Waals surface area (Å²) in [6.45, 7) is 0.0638. The van der Waals surface area contributed by atoms with Gasteiger partial charge < -0.3 is 0 Å². The van der Waals surface area contributed by atoms with E-state index >= 15 is 0 Å². The summed E-state index contributed by atoms with van der Waals surface area (Å²) in [7, 11) is 0. The number of nitrogens with zero attached hydrogens (tertiary/aromatic N) is 1. The van der Waals surface area contributed by atoms with E-state index in [-0.39, 0.29) is 16.7 Å². The zero-order valence-electron chi connectivity index (χ0n) is 12.4. The Hall–Kier alpha value is -1.17. The SMILES string of the molecule is O=C1S/C(=C\c2c(Cl)cccc2Cl)C(=O)N1Cc1ccc(Cl)cc1Cl. The molecule has 0 bridgehead atoms. The smallest absolute Gasteiger partial charge is 0.268 e. The monoisotopic (exact) mass is 431 g/mol. The lowest BCUT2D eigenvalue weighted by molar-refractivity contribution is -0.123. The maximum Gasteiger partial charge on any atom is 0.293 e. The van der Waals surface area contributed by atoms with Crippen molar-refractivity contribution in [3.63, 3.8) is 0 Å².